The molecular weight excluding hydrogens is 364 g/mol. The topological polar surface area (TPSA) is 72.1 Å². The number of benzene rings is 2. The molecule has 6 nitrogen and oxygen atoms in total. The molecule has 0 radical (unpaired) electrons. The number of likely N-dealkylation sites (tertiary alicyclic amines) is 1. The van der Waals surface area contributed by atoms with Gasteiger partial charge in [0.2, 0.25) is 0 Å². The number of nitrogens with two attached hydrogens (primary N) is 1. The Balaban J connectivity index is 1.45. The Labute approximate surface area is 173 Å². The van der Waals surface area contributed by atoms with Gasteiger partial charge in [-0.2, -0.15) is 0 Å². The number of nitrogens with one attached hydrogen (secondary N) is 1. The maximum atomic E-state index is 6.08. The third kappa shape index (κ3) is 6.12. The van der Waals surface area contributed by atoms with Crippen LogP contribution in [0.4, 0.5) is 5.69 Å². The predicted molar refractivity (Wildman–Crippen MR) is 119 cm³/mol. The average molecular weight is 397 g/mol. The van der Waals surface area contributed by atoms with E-state index in [9.17, 15) is 0 Å². The summed E-state index contributed by atoms with van der Waals surface area (Å²) in [4.78, 5) is 7.08. The third-order valence-corrected chi connectivity index (χ3v) is 5.41. The minimum atomic E-state index is 0.430. The number of anilines is 1. The second kappa shape index (κ2) is 10.2. The smallest absolute Gasteiger partial charge is 0.193 e. The largest absolute Gasteiger partial charge is 0.493 e. The van der Waals surface area contributed by atoms with Crippen molar-refractivity contribution in [2.75, 3.05) is 39.2 Å². The standard InChI is InChI=1S/C23H32N4O2/c1-17-4-6-19(7-5-17)16-27-12-10-18(11-13-27)15-25-23(24)26-20-8-9-21(28-2)22(14-20)29-3/h4-9,14,18H,10-13,15-16H2,1-3H3,(H3,24,25,26). The first-order valence-corrected chi connectivity index (χ1v) is 10.1. The average Bonchev–Trinajstić information content (AvgIpc) is 2.74. The molecule has 0 saturated carbocycles. The van der Waals surface area contributed by atoms with Gasteiger partial charge in [0.25, 0.3) is 0 Å². The molecule has 1 heterocycles. The highest BCUT2D eigenvalue weighted by Crippen LogP contribution is 2.29. The summed E-state index contributed by atoms with van der Waals surface area (Å²) in [5.41, 5.74) is 9.61. The Morgan fingerprint density at radius 2 is 1.76 bits per heavy atom. The van der Waals surface area contributed by atoms with Crippen molar-refractivity contribution in [2.45, 2.75) is 26.3 Å². The molecule has 1 saturated heterocycles. The normalized spacial score (nSPS) is 15.9. The van der Waals surface area contributed by atoms with Gasteiger partial charge in [0.15, 0.2) is 17.5 Å². The van der Waals surface area contributed by atoms with Crippen LogP contribution in [0, 0.1) is 12.8 Å². The number of ether oxygens (including phenoxy) is 2. The Kier molecular flexibility index (Phi) is 7.36. The SMILES string of the molecule is COc1ccc(NC(N)=NCC2CCN(Cc3ccc(C)cc3)CC2)cc1OC. The Morgan fingerprint density at radius 3 is 2.41 bits per heavy atom. The van der Waals surface area contributed by atoms with Gasteiger partial charge in [-0.1, -0.05) is 29.8 Å². The lowest BCUT2D eigenvalue weighted by atomic mass is 9.96. The van der Waals surface area contributed by atoms with Gasteiger partial charge in [-0.25, -0.2) is 0 Å². The third-order valence-electron chi connectivity index (χ3n) is 5.41. The summed E-state index contributed by atoms with van der Waals surface area (Å²) in [6.45, 7) is 6.12. The number of hydrogen-bond donors (Lipinski definition) is 2. The molecule has 1 fully saturated rings. The van der Waals surface area contributed by atoms with Crippen LogP contribution in [0.15, 0.2) is 47.5 Å². The van der Waals surface area contributed by atoms with Gasteiger partial charge in [0, 0.05) is 24.8 Å². The monoisotopic (exact) mass is 396 g/mol. The molecule has 0 bridgehead atoms. The van der Waals surface area contributed by atoms with Gasteiger partial charge >= 0.3 is 0 Å². The van der Waals surface area contributed by atoms with Crippen LogP contribution in [0.2, 0.25) is 0 Å². The summed E-state index contributed by atoms with van der Waals surface area (Å²) in [6.07, 6.45) is 2.30. The van der Waals surface area contributed by atoms with Crippen molar-refractivity contribution in [1.82, 2.24) is 4.90 Å². The minimum Gasteiger partial charge on any atom is -0.493 e. The quantitative estimate of drug-likeness (QED) is 0.552. The zero-order valence-corrected chi connectivity index (χ0v) is 17.6. The van der Waals surface area contributed by atoms with Gasteiger partial charge in [-0.05, 0) is 56.5 Å². The van der Waals surface area contributed by atoms with Crippen molar-refractivity contribution in [3.63, 3.8) is 0 Å². The van der Waals surface area contributed by atoms with Crippen LogP contribution in [0.3, 0.4) is 0 Å². The van der Waals surface area contributed by atoms with E-state index in [2.05, 4.69) is 46.4 Å². The highest BCUT2D eigenvalue weighted by atomic mass is 16.5. The number of hydrogen-bond acceptors (Lipinski definition) is 4. The Hall–Kier alpha value is -2.73. The van der Waals surface area contributed by atoms with Crippen LogP contribution in [0.25, 0.3) is 0 Å². The van der Waals surface area contributed by atoms with Crippen molar-refractivity contribution in [1.29, 1.82) is 0 Å². The zero-order valence-electron chi connectivity index (χ0n) is 17.6. The summed E-state index contributed by atoms with van der Waals surface area (Å²) in [5, 5.41) is 3.14. The minimum absolute atomic E-state index is 0.430. The summed E-state index contributed by atoms with van der Waals surface area (Å²) in [5.74, 6) is 2.35. The molecule has 0 amide bonds. The van der Waals surface area contributed by atoms with Crippen molar-refractivity contribution in [3.8, 4) is 11.5 Å². The maximum absolute atomic E-state index is 6.08. The molecule has 0 atom stereocenters. The van der Waals surface area contributed by atoms with E-state index in [1.54, 1.807) is 14.2 Å². The fourth-order valence-electron chi connectivity index (χ4n) is 3.61. The number of guanidine groups is 1. The number of methoxy groups -OCH3 is 2. The molecule has 1 aliphatic rings. The van der Waals surface area contributed by atoms with Crippen LogP contribution in [0.5, 0.6) is 11.5 Å². The van der Waals surface area contributed by atoms with Crippen molar-refractivity contribution >= 4 is 11.6 Å². The number of aryl methyl sites for hydroxylation is 1. The fourth-order valence-corrected chi connectivity index (χ4v) is 3.61. The molecule has 29 heavy (non-hydrogen) atoms. The molecule has 2 aromatic rings. The van der Waals surface area contributed by atoms with E-state index < -0.39 is 0 Å². The molecular formula is C23H32N4O2. The van der Waals surface area contributed by atoms with E-state index >= 15 is 0 Å². The first-order valence-electron chi connectivity index (χ1n) is 10.1. The predicted octanol–water partition coefficient (Wildman–Crippen LogP) is 3.65. The fraction of sp³-hybridized carbons (Fsp3) is 0.435. The van der Waals surface area contributed by atoms with Gasteiger partial charge in [-0.15, -0.1) is 0 Å². The molecule has 0 aromatic heterocycles. The van der Waals surface area contributed by atoms with Crippen molar-refractivity contribution < 1.29 is 9.47 Å². The summed E-state index contributed by atoms with van der Waals surface area (Å²) >= 11 is 0. The van der Waals surface area contributed by atoms with Gasteiger partial charge in [0.1, 0.15) is 0 Å². The van der Waals surface area contributed by atoms with Gasteiger partial charge in [-0.3, -0.25) is 9.89 Å². The van der Waals surface area contributed by atoms with Crippen LogP contribution < -0.4 is 20.5 Å². The van der Waals surface area contributed by atoms with E-state index in [0.29, 0.717) is 23.4 Å². The molecule has 6 heteroatoms. The van der Waals surface area contributed by atoms with Crippen molar-refractivity contribution in [2.24, 2.45) is 16.6 Å². The first-order chi connectivity index (χ1) is 14.1. The molecule has 1 aliphatic heterocycles. The number of aliphatic imine (C=N–C) groups is 1. The number of nitrogens with zero attached hydrogens (tertiary/aromatic N) is 2. The highest BCUT2D eigenvalue weighted by Gasteiger charge is 2.19. The lowest BCUT2D eigenvalue weighted by Crippen LogP contribution is -2.34. The van der Waals surface area contributed by atoms with E-state index in [-0.39, 0.29) is 0 Å². The summed E-state index contributed by atoms with van der Waals surface area (Å²) < 4.78 is 10.6. The lowest BCUT2D eigenvalue weighted by molar-refractivity contribution is 0.180. The zero-order chi connectivity index (χ0) is 20.6. The second-order valence-corrected chi connectivity index (χ2v) is 7.63. The molecule has 156 valence electrons. The van der Waals surface area contributed by atoms with Gasteiger partial charge < -0.3 is 20.5 Å². The van der Waals surface area contributed by atoms with E-state index in [1.165, 1.54) is 11.1 Å². The maximum Gasteiger partial charge on any atom is 0.193 e. The van der Waals surface area contributed by atoms with E-state index in [4.69, 9.17) is 15.2 Å². The molecule has 2 aromatic carbocycles. The second-order valence-electron chi connectivity index (χ2n) is 7.63. The molecule has 3 rings (SSSR count). The van der Waals surface area contributed by atoms with Gasteiger partial charge in [0.05, 0.1) is 14.2 Å². The molecule has 3 N–H and O–H groups in total. The molecule has 0 unspecified atom stereocenters. The number of rotatable bonds is 7. The summed E-state index contributed by atoms with van der Waals surface area (Å²) in [7, 11) is 3.23. The highest BCUT2D eigenvalue weighted by molar-refractivity contribution is 5.92. The molecule has 0 aliphatic carbocycles. The van der Waals surface area contributed by atoms with Crippen LogP contribution in [0.1, 0.15) is 24.0 Å². The summed E-state index contributed by atoms with van der Waals surface area (Å²) in [6, 6.07) is 14.4. The lowest BCUT2D eigenvalue weighted by Gasteiger charge is -2.31. The van der Waals surface area contributed by atoms with E-state index in [1.807, 2.05) is 18.2 Å². The number of piperidine rings is 1. The van der Waals surface area contributed by atoms with Crippen LogP contribution in [-0.2, 0) is 6.54 Å². The molecule has 0 spiro atoms. The van der Waals surface area contributed by atoms with E-state index in [0.717, 1.165) is 44.7 Å². The Morgan fingerprint density at radius 1 is 1.07 bits per heavy atom. The van der Waals surface area contributed by atoms with Crippen LogP contribution in [-0.4, -0.2) is 44.7 Å². The first kappa shape index (κ1) is 21.0. The van der Waals surface area contributed by atoms with Crippen molar-refractivity contribution in [3.05, 3.63) is 53.6 Å². The Bertz CT molecular complexity index is 812. The van der Waals surface area contributed by atoms with Crippen LogP contribution >= 0.6 is 0 Å².